The molecule has 0 aliphatic carbocycles. The number of hydrogen-bond donors (Lipinski definition) is 2. The maximum atomic E-state index is 13.7. The van der Waals surface area contributed by atoms with Crippen LogP contribution in [0.2, 0.25) is 5.02 Å². The van der Waals surface area contributed by atoms with Crippen molar-refractivity contribution in [3.8, 4) is 0 Å². The highest BCUT2D eigenvalue weighted by Crippen LogP contribution is 2.21. The van der Waals surface area contributed by atoms with Crippen molar-refractivity contribution in [2.24, 2.45) is 0 Å². The van der Waals surface area contributed by atoms with E-state index in [0.29, 0.717) is 0 Å². The van der Waals surface area contributed by atoms with Crippen LogP contribution in [0.15, 0.2) is 42.5 Å². The quantitative estimate of drug-likeness (QED) is 0.762. The molecule has 0 fully saturated rings. The van der Waals surface area contributed by atoms with E-state index in [0.717, 1.165) is 6.07 Å². The van der Waals surface area contributed by atoms with Crippen LogP contribution in [0.1, 0.15) is 15.9 Å². The molecule has 0 aliphatic heterocycles. The zero-order chi connectivity index (χ0) is 19.3. The molecule has 0 aromatic heterocycles. The van der Waals surface area contributed by atoms with Gasteiger partial charge in [0.25, 0.3) is 5.91 Å². The maximum absolute atomic E-state index is 13.7. The summed E-state index contributed by atoms with van der Waals surface area (Å²) in [5.41, 5.74) is -0.167. The van der Waals surface area contributed by atoms with Crippen LogP contribution >= 0.6 is 11.6 Å². The molecule has 9 heteroatoms. The number of anilines is 1. The van der Waals surface area contributed by atoms with Crippen LogP contribution < -0.4 is 10.6 Å². The van der Waals surface area contributed by atoms with Gasteiger partial charge in [-0.1, -0.05) is 29.8 Å². The van der Waals surface area contributed by atoms with Crippen molar-refractivity contribution in [1.29, 1.82) is 0 Å². The molecule has 2 rings (SSSR count). The van der Waals surface area contributed by atoms with Gasteiger partial charge in [-0.3, -0.25) is 9.59 Å². The van der Waals surface area contributed by atoms with Crippen LogP contribution in [-0.4, -0.2) is 24.5 Å². The Bertz CT molecular complexity index is 804. The molecule has 2 N–H and O–H groups in total. The summed E-state index contributed by atoms with van der Waals surface area (Å²) < 4.78 is 50.4. The normalized spacial score (nSPS) is 11.1. The molecule has 4 nitrogen and oxygen atoms in total. The Kier molecular flexibility index (Phi) is 6.20. The number of halogens is 5. The third kappa shape index (κ3) is 5.45. The van der Waals surface area contributed by atoms with E-state index >= 15 is 0 Å². The van der Waals surface area contributed by atoms with E-state index in [-0.39, 0.29) is 21.8 Å². The predicted molar refractivity (Wildman–Crippen MR) is 88.6 cm³/mol. The van der Waals surface area contributed by atoms with Gasteiger partial charge < -0.3 is 10.6 Å². The van der Waals surface area contributed by atoms with Crippen LogP contribution in [0.3, 0.4) is 0 Å². The molecule has 0 bridgehead atoms. The fraction of sp³-hybridized carbons (Fsp3) is 0.176. The molecule has 0 spiro atoms. The summed E-state index contributed by atoms with van der Waals surface area (Å²) in [5, 5.41) is 4.18. The number of hydrogen-bond acceptors (Lipinski definition) is 2. The van der Waals surface area contributed by atoms with Crippen molar-refractivity contribution in [3.63, 3.8) is 0 Å². The molecular formula is C17H13ClF4N2O2. The summed E-state index contributed by atoms with van der Waals surface area (Å²) in [6.45, 7) is -1.50. The van der Waals surface area contributed by atoms with Gasteiger partial charge in [0.1, 0.15) is 12.4 Å². The Morgan fingerprint density at radius 2 is 1.73 bits per heavy atom. The second-order valence-electron chi connectivity index (χ2n) is 5.27. The predicted octanol–water partition coefficient (Wildman–Crippen LogP) is 3.95. The second kappa shape index (κ2) is 8.18. The molecule has 26 heavy (non-hydrogen) atoms. The molecule has 138 valence electrons. The largest absolute Gasteiger partial charge is 0.405 e. The van der Waals surface area contributed by atoms with E-state index < -0.39 is 36.8 Å². The fourth-order valence-corrected chi connectivity index (χ4v) is 2.35. The van der Waals surface area contributed by atoms with Crippen molar-refractivity contribution >= 4 is 29.1 Å². The third-order valence-corrected chi connectivity index (χ3v) is 3.65. The molecule has 2 amide bonds. The van der Waals surface area contributed by atoms with Crippen LogP contribution in [0.25, 0.3) is 0 Å². The van der Waals surface area contributed by atoms with Gasteiger partial charge in [-0.05, 0) is 24.3 Å². The first-order valence-corrected chi connectivity index (χ1v) is 7.72. The minimum atomic E-state index is -4.56. The molecule has 0 saturated heterocycles. The van der Waals surface area contributed by atoms with Crippen molar-refractivity contribution in [1.82, 2.24) is 5.32 Å². The Morgan fingerprint density at radius 1 is 1.04 bits per heavy atom. The van der Waals surface area contributed by atoms with E-state index in [9.17, 15) is 27.2 Å². The third-order valence-electron chi connectivity index (χ3n) is 3.29. The second-order valence-corrected chi connectivity index (χ2v) is 5.68. The SMILES string of the molecule is O=C(Cc1c(F)cccc1Cl)Nc1ccccc1C(=O)NCC(F)(F)F. The Hall–Kier alpha value is -2.61. The first-order valence-electron chi connectivity index (χ1n) is 7.34. The van der Waals surface area contributed by atoms with Gasteiger partial charge in [-0.15, -0.1) is 0 Å². The number of benzene rings is 2. The van der Waals surface area contributed by atoms with Crippen LogP contribution in [0, 0.1) is 5.82 Å². The number of rotatable bonds is 5. The Labute approximate surface area is 151 Å². The van der Waals surface area contributed by atoms with Crippen LogP contribution in [-0.2, 0) is 11.2 Å². The molecule has 0 atom stereocenters. The Balaban J connectivity index is 2.12. The minimum Gasteiger partial charge on any atom is -0.343 e. The average molecular weight is 389 g/mol. The molecule has 0 unspecified atom stereocenters. The molecule has 0 radical (unpaired) electrons. The van der Waals surface area contributed by atoms with Gasteiger partial charge in [0.15, 0.2) is 0 Å². The smallest absolute Gasteiger partial charge is 0.343 e. The zero-order valence-electron chi connectivity index (χ0n) is 13.2. The maximum Gasteiger partial charge on any atom is 0.405 e. The first kappa shape index (κ1) is 19.7. The van der Waals surface area contributed by atoms with Crippen molar-refractivity contribution in [2.45, 2.75) is 12.6 Å². The first-order chi connectivity index (χ1) is 12.2. The highest BCUT2D eigenvalue weighted by molar-refractivity contribution is 6.31. The monoisotopic (exact) mass is 388 g/mol. The highest BCUT2D eigenvalue weighted by Gasteiger charge is 2.28. The average Bonchev–Trinajstić information content (AvgIpc) is 2.56. The van der Waals surface area contributed by atoms with Gasteiger partial charge in [-0.25, -0.2) is 4.39 Å². The minimum absolute atomic E-state index is 0.00429. The van der Waals surface area contributed by atoms with Gasteiger partial charge in [-0.2, -0.15) is 13.2 Å². The van der Waals surface area contributed by atoms with Crippen LogP contribution in [0.5, 0.6) is 0 Å². The molecule has 2 aromatic rings. The number of carbonyl (C=O) groups excluding carboxylic acids is 2. The lowest BCUT2D eigenvalue weighted by atomic mass is 10.1. The summed E-state index contributed by atoms with van der Waals surface area (Å²) in [4.78, 5) is 24.0. The zero-order valence-corrected chi connectivity index (χ0v) is 13.9. The summed E-state index contributed by atoms with van der Waals surface area (Å²) in [7, 11) is 0. The Morgan fingerprint density at radius 3 is 2.38 bits per heavy atom. The number of amides is 2. The van der Waals surface area contributed by atoms with Crippen LogP contribution in [0.4, 0.5) is 23.2 Å². The molecule has 0 saturated carbocycles. The van der Waals surface area contributed by atoms with Gasteiger partial charge in [0.05, 0.1) is 17.7 Å². The lowest BCUT2D eigenvalue weighted by molar-refractivity contribution is -0.123. The van der Waals surface area contributed by atoms with E-state index in [1.165, 1.54) is 36.4 Å². The standard InChI is InChI=1S/C17H13ClF4N2O2/c18-12-5-3-6-13(19)11(12)8-15(25)24-14-7-2-1-4-10(14)16(26)23-9-17(20,21)22/h1-7H,8-9H2,(H,23,26)(H,24,25). The fourth-order valence-electron chi connectivity index (χ4n) is 2.12. The number of carbonyl (C=O) groups is 2. The molecule has 0 aliphatic rings. The molecule has 2 aromatic carbocycles. The summed E-state index contributed by atoms with van der Waals surface area (Å²) in [6, 6.07) is 9.50. The lowest BCUT2D eigenvalue weighted by Crippen LogP contribution is -2.34. The van der Waals surface area contributed by atoms with Gasteiger partial charge >= 0.3 is 6.18 Å². The molecular weight excluding hydrogens is 376 g/mol. The van der Waals surface area contributed by atoms with E-state index in [2.05, 4.69) is 5.32 Å². The lowest BCUT2D eigenvalue weighted by Gasteiger charge is -2.13. The van der Waals surface area contributed by atoms with Crippen molar-refractivity contribution in [3.05, 3.63) is 64.4 Å². The van der Waals surface area contributed by atoms with Gasteiger partial charge in [0, 0.05) is 10.6 Å². The summed E-state index contributed by atoms with van der Waals surface area (Å²) in [5.74, 6) is -2.33. The summed E-state index contributed by atoms with van der Waals surface area (Å²) >= 11 is 5.85. The van der Waals surface area contributed by atoms with E-state index in [4.69, 9.17) is 11.6 Å². The van der Waals surface area contributed by atoms with E-state index in [1.54, 1.807) is 5.32 Å². The van der Waals surface area contributed by atoms with Gasteiger partial charge in [0.2, 0.25) is 5.91 Å². The highest BCUT2D eigenvalue weighted by atomic mass is 35.5. The number of nitrogens with one attached hydrogen (secondary N) is 2. The number of para-hydroxylation sites is 1. The number of alkyl halides is 3. The van der Waals surface area contributed by atoms with Crippen molar-refractivity contribution in [2.75, 3.05) is 11.9 Å². The molecule has 0 heterocycles. The summed E-state index contributed by atoms with van der Waals surface area (Å²) in [6.07, 6.45) is -4.96. The topological polar surface area (TPSA) is 58.2 Å². The van der Waals surface area contributed by atoms with E-state index in [1.807, 2.05) is 0 Å². The van der Waals surface area contributed by atoms with Crippen molar-refractivity contribution < 1.29 is 27.2 Å².